The number of amidine groups is 1. The van der Waals surface area contributed by atoms with Crippen molar-refractivity contribution in [2.45, 2.75) is 19.9 Å². The van der Waals surface area contributed by atoms with Crippen molar-refractivity contribution in [3.63, 3.8) is 0 Å². The summed E-state index contributed by atoms with van der Waals surface area (Å²) < 4.78 is 22.9. The summed E-state index contributed by atoms with van der Waals surface area (Å²) in [6.45, 7) is 3.39. The van der Waals surface area contributed by atoms with Crippen LogP contribution in [0.5, 0.6) is 0 Å². The van der Waals surface area contributed by atoms with E-state index in [1.807, 2.05) is 0 Å². The lowest BCUT2D eigenvalue weighted by Gasteiger charge is -2.01. The first-order valence-electron chi connectivity index (χ1n) is 3.88. The third kappa shape index (κ3) is 1.77. The standard InChI is InChI=1S/C7H10N2O4S/c1-4(2)9-7-8-3-5(6(10)11)14(7,12)13/h3-4H,1-2H3,(H,8,9)(H,10,11). The van der Waals surface area contributed by atoms with Crippen molar-refractivity contribution in [1.82, 2.24) is 5.32 Å². The van der Waals surface area contributed by atoms with E-state index in [1.54, 1.807) is 13.8 Å². The van der Waals surface area contributed by atoms with E-state index < -0.39 is 20.7 Å². The van der Waals surface area contributed by atoms with E-state index in [0.717, 1.165) is 6.20 Å². The molecule has 0 unspecified atom stereocenters. The number of aliphatic imine (C=N–C) groups is 1. The van der Waals surface area contributed by atoms with Gasteiger partial charge in [-0.3, -0.25) is 4.99 Å². The Morgan fingerprint density at radius 2 is 2.14 bits per heavy atom. The molecule has 6 nitrogen and oxygen atoms in total. The maximum atomic E-state index is 11.4. The average Bonchev–Trinajstić information content (AvgIpc) is 2.26. The van der Waals surface area contributed by atoms with E-state index in [2.05, 4.69) is 10.3 Å². The van der Waals surface area contributed by atoms with Crippen LogP contribution in [0.4, 0.5) is 0 Å². The monoisotopic (exact) mass is 218 g/mol. The minimum Gasteiger partial charge on any atom is -0.477 e. The molecule has 1 aliphatic rings. The van der Waals surface area contributed by atoms with Crippen molar-refractivity contribution in [2.75, 3.05) is 0 Å². The smallest absolute Gasteiger partial charge is 0.349 e. The van der Waals surface area contributed by atoms with Gasteiger partial charge in [0.1, 0.15) is 0 Å². The highest BCUT2D eigenvalue weighted by Gasteiger charge is 2.35. The second kappa shape index (κ2) is 3.41. The summed E-state index contributed by atoms with van der Waals surface area (Å²) in [6.07, 6.45) is 0.929. The molecular formula is C7H10N2O4S. The van der Waals surface area contributed by atoms with Crippen LogP contribution in [0.25, 0.3) is 0 Å². The number of sulfone groups is 1. The first kappa shape index (κ1) is 10.7. The zero-order valence-corrected chi connectivity index (χ0v) is 8.50. The van der Waals surface area contributed by atoms with Crippen LogP contribution in [0.2, 0.25) is 0 Å². The Hall–Kier alpha value is -1.37. The zero-order valence-electron chi connectivity index (χ0n) is 7.68. The molecule has 0 spiro atoms. The lowest BCUT2D eigenvalue weighted by Crippen LogP contribution is -2.23. The largest absolute Gasteiger partial charge is 0.477 e. The van der Waals surface area contributed by atoms with Crippen molar-refractivity contribution >= 4 is 21.0 Å². The molecule has 78 valence electrons. The highest BCUT2D eigenvalue weighted by Crippen LogP contribution is 2.14. The Morgan fingerprint density at radius 1 is 1.57 bits per heavy atom. The molecule has 0 aliphatic carbocycles. The summed E-state index contributed by atoms with van der Waals surface area (Å²) in [7, 11) is -3.92. The summed E-state index contributed by atoms with van der Waals surface area (Å²) in [5, 5.41) is 10.6. The molecule has 1 heterocycles. The molecule has 0 radical (unpaired) electrons. The van der Waals surface area contributed by atoms with Crippen LogP contribution in [-0.4, -0.2) is 30.7 Å². The fraction of sp³-hybridized carbons (Fsp3) is 0.429. The molecule has 0 bridgehead atoms. The zero-order chi connectivity index (χ0) is 10.9. The molecular weight excluding hydrogens is 208 g/mol. The fourth-order valence-electron chi connectivity index (χ4n) is 0.904. The molecule has 0 atom stereocenters. The Morgan fingerprint density at radius 3 is 2.50 bits per heavy atom. The van der Waals surface area contributed by atoms with Gasteiger partial charge in [-0.2, -0.15) is 0 Å². The SMILES string of the molecule is CC(C)N=C1NC=C(C(=O)O)S1(=O)=O. The number of hydrogen-bond donors (Lipinski definition) is 2. The first-order valence-corrected chi connectivity index (χ1v) is 5.37. The molecule has 0 aromatic carbocycles. The molecule has 0 saturated heterocycles. The molecule has 0 aromatic rings. The molecule has 0 aromatic heterocycles. The van der Waals surface area contributed by atoms with Gasteiger partial charge < -0.3 is 10.4 Å². The number of hydrogen-bond acceptors (Lipinski definition) is 4. The molecule has 0 saturated carbocycles. The summed E-state index contributed by atoms with van der Waals surface area (Å²) in [5.41, 5.74) is 0. The normalized spacial score (nSPS) is 22.2. The van der Waals surface area contributed by atoms with Gasteiger partial charge in [-0.05, 0) is 13.8 Å². The Bertz CT molecular complexity index is 419. The fourth-order valence-corrected chi connectivity index (χ4v) is 2.12. The third-order valence-corrected chi connectivity index (χ3v) is 3.06. The lowest BCUT2D eigenvalue weighted by molar-refractivity contribution is -0.131. The van der Waals surface area contributed by atoms with Crippen LogP contribution in [0.15, 0.2) is 16.1 Å². The molecule has 0 amide bonds. The topological polar surface area (TPSA) is 95.8 Å². The van der Waals surface area contributed by atoms with E-state index in [1.165, 1.54) is 0 Å². The second-order valence-electron chi connectivity index (χ2n) is 2.99. The minimum atomic E-state index is -3.92. The molecule has 7 heteroatoms. The number of carbonyl (C=O) groups is 1. The second-order valence-corrected chi connectivity index (χ2v) is 4.82. The van der Waals surface area contributed by atoms with Gasteiger partial charge in [-0.1, -0.05) is 0 Å². The quantitative estimate of drug-likeness (QED) is 0.663. The first-order chi connectivity index (χ1) is 6.35. The molecule has 1 aliphatic heterocycles. The maximum absolute atomic E-state index is 11.4. The molecule has 0 fully saturated rings. The number of nitrogens with zero attached hydrogens (tertiary/aromatic N) is 1. The van der Waals surface area contributed by atoms with Gasteiger partial charge in [0.2, 0.25) is 15.0 Å². The minimum absolute atomic E-state index is 0.214. The van der Waals surface area contributed by atoms with E-state index in [4.69, 9.17) is 5.11 Å². The number of carboxylic acid groups (broad SMARTS) is 1. The maximum Gasteiger partial charge on any atom is 0.349 e. The van der Waals surface area contributed by atoms with Gasteiger partial charge in [0.25, 0.3) is 0 Å². The van der Waals surface area contributed by atoms with Crippen molar-refractivity contribution < 1.29 is 18.3 Å². The number of nitrogens with one attached hydrogen (secondary N) is 1. The predicted molar refractivity (Wildman–Crippen MR) is 50.3 cm³/mol. The van der Waals surface area contributed by atoms with Crippen molar-refractivity contribution in [3.8, 4) is 0 Å². The Kier molecular flexibility index (Phi) is 2.61. The Balaban J connectivity index is 3.13. The van der Waals surface area contributed by atoms with Crippen LogP contribution in [0.1, 0.15) is 13.8 Å². The van der Waals surface area contributed by atoms with Gasteiger partial charge >= 0.3 is 5.97 Å². The predicted octanol–water partition coefficient (Wildman–Crippen LogP) is -0.305. The van der Waals surface area contributed by atoms with Gasteiger partial charge in [0.15, 0.2) is 4.91 Å². The van der Waals surface area contributed by atoms with Gasteiger partial charge in [-0.25, -0.2) is 13.2 Å². The van der Waals surface area contributed by atoms with E-state index in [0.29, 0.717) is 0 Å². The lowest BCUT2D eigenvalue weighted by atomic mass is 10.4. The third-order valence-electron chi connectivity index (χ3n) is 1.46. The highest BCUT2D eigenvalue weighted by atomic mass is 32.2. The van der Waals surface area contributed by atoms with Crippen LogP contribution >= 0.6 is 0 Å². The van der Waals surface area contributed by atoms with Crippen LogP contribution in [-0.2, 0) is 14.6 Å². The van der Waals surface area contributed by atoms with Gasteiger partial charge in [-0.15, -0.1) is 0 Å². The number of aliphatic carboxylic acids is 1. The van der Waals surface area contributed by atoms with Gasteiger partial charge in [0.05, 0.1) is 0 Å². The summed E-state index contributed by atoms with van der Waals surface area (Å²) in [5.74, 6) is -1.48. The van der Waals surface area contributed by atoms with Gasteiger partial charge in [0, 0.05) is 12.2 Å². The summed E-state index contributed by atoms with van der Waals surface area (Å²) in [6, 6.07) is -0.214. The van der Waals surface area contributed by atoms with Crippen molar-refractivity contribution in [1.29, 1.82) is 0 Å². The Labute approximate surface area is 81.3 Å². The van der Waals surface area contributed by atoms with Crippen molar-refractivity contribution in [2.24, 2.45) is 4.99 Å². The van der Waals surface area contributed by atoms with Crippen LogP contribution in [0.3, 0.4) is 0 Å². The van der Waals surface area contributed by atoms with E-state index >= 15 is 0 Å². The molecule has 1 rings (SSSR count). The van der Waals surface area contributed by atoms with Crippen molar-refractivity contribution in [3.05, 3.63) is 11.1 Å². The number of rotatable bonds is 2. The molecule has 14 heavy (non-hydrogen) atoms. The van der Waals surface area contributed by atoms with Crippen LogP contribution in [0, 0.1) is 0 Å². The molecule has 2 N–H and O–H groups in total. The summed E-state index contributed by atoms with van der Waals surface area (Å²) >= 11 is 0. The van der Waals surface area contributed by atoms with E-state index in [9.17, 15) is 13.2 Å². The van der Waals surface area contributed by atoms with Crippen LogP contribution < -0.4 is 5.32 Å². The number of carboxylic acids is 1. The average molecular weight is 218 g/mol. The summed E-state index contributed by atoms with van der Waals surface area (Å²) in [4.78, 5) is 13.6. The van der Waals surface area contributed by atoms with E-state index in [-0.39, 0.29) is 11.2 Å². The highest BCUT2D eigenvalue weighted by molar-refractivity contribution is 8.10.